The van der Waals surface area contributed by atoms with Crippen LogP contribution < -0.4 is 5.32 Å². The summed E-state index contributed by atoms with van der Waals surface area (Å²) in [5.74, 6) is -0.557. The number of nitrogens with zero attached hydrogens (tertiary/aromatic N) is 1. The molecule has 4 nitrogen and oxygen atoms in total. The number of fused-ring (bicyclic) bond motifs is 1. The van der Waals surface area contributed by atoms with E-state index in [2.05, 4.69) is 5.32 Å². The smallest absolute Gasteiger partial charge is 0.244 e. The van der Waals surface area contributed by atoms with Crippen LogP contribution >= 0.6 is 0 Å². The van der Waals surface area contributed by atoms with Crippen molar-refractivity contribution in [2.24, 2.45) is 0 Å². The van der Waals surface area contributed by atoms with E-state index in [4.69, 9.17) is 0 Å². The minimum Gasteiger partial charge on any atom is -0.392 e. The third-order valence-electron chi connectivity index (χ3n) is 3.48. The molecule has 2 aromatic carbocycles. The molecule has 1 aromatic heterocycles. The van der Waals surface area contributed by atoms with E-state index in [0.29, 0.717) is 5.69 Å². The molecule has 0 bridgehead atoms. The summed E-state index contributed by atoms with van der Waals surface area (Å²) < 4.78 is 14.6. The fraction of sp³-hybridized carbons (Fsp3) is 0.118. The number of carbonyl (C=O) groups excluding carboxylic acids is 1. The van der Waals surface area contributed by atoms with Crippen LogP contribution in [0.2, 0.25) is 0 Å². The highest BCUT2D eigenvalue weighted by Crippen LogP contribution is 2.21. The van der Waals surface area contributed by atoms with E-state index >= 15 is 0 Å². The zero-order chi connectivity index (χ0) is 15.5. The van der Waals surface area contributed by atoms with E-state index in [1.54, 1.807) is 10.8 Å². The van der Waals surface area contributed by atoms with Crippen molar-refractivity contribution in [2.75, 3.05) is 5.32 Å². The topological polar surface area (TPSA) is 54.3 Å². The molecule has 0 saturated heterocycles. The summed E-state index contributed by atoms with van der Waals surface area (Å²) in [6, 6.07) is 13.2. The number of benzene rings is 2. The lowest BCUT2D eigenvalue weighted by atomic mass is 10.2. The van der Waals surface area contributed by atoms with Crippen LogP contribution in [-0.4, -0.2) is 15.6 Å². The standard InChI is InChI=1S/C17H15FN2O2/c18-13-5-7-14(8-6-13)19-17(22)10-20-9-12(11-21)15-3-1-2-4-16(15)20/h1-9,21H,10-11H2,(H,19,22). The molecule has 3 aromatic rings. The number of aliphatic hydroxyl groups excluding tert-OH is 1. The van der Waals surface area contributed by atoms with Crippen LogP contribution in [0, 0.1) is 5.82 Å². The van der Waals surface area contributed by atoms with Gasteiger partial charge in [-0.3, -0.25) is 4.79 Å². The maximum Gasteiger partial charge on any atom is 0.244 e. The molecule has 112 valence electrons. The van der Waals surface area contributed by atoms with E-state index in [-0.39, 0.29) is 24.9 Å². The Kier molecular flexibility index (Phi) is 3.89. The van der Waals surface area contributed by atoms with Crippen molar-refractivity contribution in [2.45, 2.75) is 13.2 Å². The van der Waals surface area contributed by atoms with Gasteiger partial charge in [-0.1, -0.05) is 18.2 Å². The number of rotatable bonds is 4. The normalized spacial score (nSPS) is 10.8. The molecule has 0 fully saturated rings. The number of aromatic nitrogens is 1. The van der Waals surface area contributed by atoms with Gasteiger partial charge in [-0.15, -0.1) is 0 Å². The van der Waals surface area contributed by atoms with Gasteiger partial charge in [0.1, 0.15) is 12.4 Å². The fourth-order valence-corrected chi connectivity index (χ4v) is 2.47. The SMILES string of the molecule is O=C(Cn1cc(CO)c2ccccc21)Nc1ccc(F)cc1. The van der Waals surface area contributed by atoms with E-state index in [0.717, 1.165) is 16.5 Å². The Morgan fingerprint density at radius 3 is 2.59 bits per heavy atom. The van der Waals surface area contributed by atoms with Gasteiger partial charge in [-0.2, -0.15) is 0 Å². The summed E-state index contributed by atoms with van der Waals surface area (Å²) >= 11 is 0. The summed E-state index contributed by atoms with van der Waals surface area (Å²) in [4.78, 5) is 12.1. The largest absolute Gasteiger partial charge is 0.392 e. The second-order valence-electron chi connectivity index (χ2n) is 5.01. The van der Waals surface area contributed by atoms with E-state index < -0.39 is 0 Å². The first kappa shape index (κ1) is 14.3. The van der Waals surface area contributed by atoms with Gasteiger partial charge in [0, 0.05) is 28.4 Å². The first-order valence-electron chi connectivity index (χ1n) is 6.90. The van der Waals surface area contributed by atoms with Crippen LogP contribution in [0.15, 0.2) is 54.7 Å². The number of nitrogens with one attached hydrogen (secondary N) is 1. The molecule has 22 heavy (non-hydrogen) atoms. The molecule has 0 radical (unpaired) electrons. The maximum atomic E-state index is 12.8. The first-order chi connectivity index (χ1) is 10.7. The van der Waals surface area contributed by atoms with Gasteiger partial charge in [0.05, 0.1) is 6.61 Å². The van der Waals surface area contributed by atoms with Gasteiger partial charge < -0.3 is 15.0 Å². The Balaban J connectivity index is 1.80. The Bertz CT molecular complexity index is 809. The van der Waals surface area contributed by atoms with Crippen LogP contribution in [0.4, 0.5) is 10.1 Å². The second kappa shape index (κ2) is 5.99. The molecule has 0 aliphatic heterocycles. The zero-order valence-corrected chi connectivity index (χ0v) is 11.8. The highest BCUT2D eigenvalue weighted by molar-refractivity contribution is 5.92. The van der Waals surface area contributed by atoms with Crippen molar-refractivity contribution in [3.8, 4) is 0 Å². The molecule has 0 saturated carbocycles. The summed E-state index contributed by atoms with van der Waals surface area (Å²) in [5, 5.41) is 13.0. The molecule has 0 aliphatic carbocycles. The van der Waals surface area contributed by atoms with Gasteiger partial charge >= 0.3 is 0 Å². The van der Waals surface area contributed by atoms with Gasteiger partial charge in [0.2, 0.25) is 5.91 Å². The minimum absolute atomic E-state index is 0.0763. The fourth-order valence-electron chi connectivity index (χ4n) is 2.47. The van der Waals surface area contributed by atoms with Crippen molar-refractivity contribution in [1.29, 1.82) is 0 Å². The molecular weight excluding hydrogens is 283 g/mol. The molecular formula is C17H15FN2O2. The molecule has 0 spiro atoms. The average Bonchev–Trinajstić information content (AvgIpc) is 2.88. The van der Waals surface area contributed by atoms with Crippen molar-refractivity contribution in [3.05, 3.63) is 66.1 Å². The molecule has 2 N–H and O–H groups in total. The maximum absolute atomic E-state index is 12.8. The van der Waals surface area contributed by atoms with E-state index in [1.165, 1.54) is 24.3 Å². The summed E-state index contributed by atoms with van der Waals surface area (Å²) in [6.07, 6.45) is 1.77. The number of aliphatic hydroxyl groups is 1. The third kappa shape index (κ3) is 2.84. The number of amides is 1. The number of halogens is 1. The molecule has 0 aliphatic rings. The number of carbonyl (C=O) groups is 1. The molecule has 0 atom stereocenters. The Hall–Kier alpha value is -2.66. The van der Waals surface area contributed by atoms with E-state index in [9.17, 15) is 14.3 Å². The van der Waals surface area contributed by atoms with Gasteiger partial charge in [0.15, 0.2) is 0 Å². The predicted octanol–water partition coefficient (Wildman–Crippen LogP) is 2.91. The minimum atomic E-state index is -0.345. The average molecular weight is 298 g/mol. The molecule has 1 heterocycles. The second-order valence-corrected chi connectivity index (χ2v) is 5.01. The Morgan fingerprint density at radius 2 is 1.86 bits per heavy atom. The van der Waals surface area contributed by atoms with Gasteiger partial charge in [0.25, 0.3) is 0 Å². The van der Waals surface area contributed by atoms with Crippen molar-refractivity contribution in [1.82, 2.24) is 4.57 Å². The van der Waals surface area contributed by atoms with E-state index in [1.807, 2.05) is 24.3 Å². The van der Waals surface area contributed by atoms with Crippen LogP contribution in [0.1, 0.15) is 5.56 Å². The lowest BCUT2D eigenvalue weighted by Gasteiger charge is -2.07. The summed E-state index contributed by atoms with van der Waals surface area (Å²) in [6.45, 7) is 0.0466. The molecule has 0 unspecified atom stereocenters. The van der Waals surface area contributed by atoms with Crippen molar-refractivity contribution < 1.29 is 14.3 Å². The number of anilines is 1. The van der Waals surface area contributed by atoms with Crippen LogP contribution in [0.5, 0.6) is 0 Å². The van der Waals surface area contributed by atoms with Crippen LogP contribution in [0.3, 0.4) is 0 Å². The van der Waals surface area contributed by atoms with Crippen molar-refractivity contribution in [3.63, 3.8) is 0 Å². The van der Waals surface area contributed by atoms with Crippen LogP contribution in [0.25, 0.3) is 10.9 Å². The first-order valence-corrected chi connectivity index (χ1v) is 6.90. The predicted molar refractivity (Wildman–Crippen MR) is 82.9 cm³/mol. The summed E-state index contributed by atoms with van der Waals surface area (Å²) in [5.41, 5.74) is 2.22. The number of hydrogen-bond donors (Lipinski definition) is 2. The lowest BCUT2D eigenvalue weighted by molar-refractivity contribution is -0.116. The highest BCUT2D eigenvalue weighted by atomic mass is 19.1. The third-order valence-corrected chi connectivity index (χ3v) is 3.48. The summed E-state index contributed by atoms with van der Waals surface area (Å²) in [7, 11) is 0. The molecule has 1 amide bonds. The van der Waals surface area contributed by atoms with Crippen molar-refractivity contribution >= 4 is 22.5 Å². The quantitative estimate of drug-likeness (QED) is 0.778. The number of para-hydroxylation sites is 1. The Labute approximate surface area is 126 Å². The zero-order valence-electron chi connectivity index (χ0n) is 11.8. The molecule has 3 rings (SSSR count). The Morgan fingerprint density at radius 1 is 1.14 bits per heavy atom. The molecule has 5 heteroatoms. The lowest BCUT2D eigenvalue weighted by Crippen LogP contribution is -2.18. The number of hydrogen-bond acceptors (Lipinski definition) is 2. The van der Waals surface area contributed by atoms with Crippen LogP contribution in [-0.2, 0) is 17.9 Å². The van der Waals surface area contributed by atoms with Gasteiger partial charge in [-0.05, 0) is 30.3 Å². The highest BCUT2D eigenvalue weighted by Gasteiger charge is 2.10. The monoisotopic (exact) mass is 298 g/mol. The van der Waals surface area contributed by atoms with Gasteiger partial charge in [-0.25, -0.2) is 4.39 Å².